The van der Waals surface area contributed by atoms with Crippen molar-refractivity contribution in [2.24, 2.45) is 11.7 Å². The molecule has 6 nitrogen and oxygen atoms in total. The third-order valence-corrected chi connectivity index (χ3v) is 4.31. The fraction of sp³-hybridized carbons (Fsp3) is 0.333. The molecule has 0 unspecified atom stereocenters. The van der Waals surface area contributed by atoms with Crippen molar-refractivity contribution in [1.82, 2.24) is 10.6 Å². The van der Waals surface area contributed by atoms with Gasteiger partial charge in [0.05, 0.1) is 19.7 Å². The molecule has 0 saturated heterocycles. The van der Waals surface area contributed by atoms with Gasteiger partial charge in [0.15, 0.2) is 0 Å². The first-order valence-electron chi connectivity index (χ1n) is 8.94. The summed E-state index contributed by atoms with van der Waals surface area (Å²) in [6, 6.07) is 15.2. The molecule has 0 saturated carbocycles. The molecule has 0 aliphatic rings. The molecule has 1 atom stereocenters. The molecule has 0 heterocycles. The van der Waals surface area contributed by atoms with Gasteiger partial charge in [-0.2, -0.15) is 0 Å². The summed E-state index contributed by atoms with van der Waals surface area (Å²) in [4.78, 5) is 23.6. The highest BCUT2D eigenvalue weighted by molar-refractivity contribution is 5.87. The number of methoxy groups -OCH3 is 1. The predicted octanol–water partition coefficient (Wildman–Crippen LogP) is 2.08. The minimum absolute atomic E-state index is 0.0253. The zero-order chi connectivity index (χ0) is 19.8. The number of benzene rings is 2. The first-order chi connectivity index (χ1) is 12.9. The van der Waals surface area contributed by atoms with Crippen molar-refractivity contribution in [1.29, 1.82) is 0 Å². The summed E-state index contributed by atoms with van der Waals surface area (Å²) in [7, 11) is 1.64. The number of ether oxygens (including phenoxy) is 1. The van der Waals surface area contributed by atoms with Crippen molar-refractivity contribution in [3.63, 3.8) is 0 Å². The molecule has 0 radical (unpaired) electrons. The van der Waals surface area contributed by atoms with Crippen molar-refractivity contribution < 1.29 is 14.3 Å². The summed E-state index contributed by atoms with van der Waals surface area (Å²) in [5.74, 6) is 0.277. The molecule has 144 valence electrons. The van der Waals surface area contributed by atoms with Gasteiger partial charge in [-0.3, -0.25) is 9.59 Å². The van der Waals surface area contributed by atoms with Crippen molar-refractivity contribution in [2.75, 3.05) is 13.7 Å². The van der Waals surface area contributed by atoms with E-state index < -0.39 is 6.04 Å². The first-order valence-corrected chi connectivity index (χ1v) is 8.94. The maximum absolute atomic E-state index is 11.9. The van der Waals surface area contributed by atoms with Gasteiger partial charge in [0.1, 0.15) is 5.75 Å². The number of carbonyl (C=O) groups excluding carboxylic acids is 2. The van der Waals surface area contributed by atoms with Gasteiger partial charge < -0.3 is 21.1 Å². The topological polar surface area (TPSA) is 93.5 Å². The van der Waals surface area contributed by atoms with Gasteiger partial charge in [-0.05, 0) is 34.7 Å². The van der Waals surface area contributed by atoms with Gasteiger partial charge in [0.2, 0.25) is 11.8 Å². The molecule has 6 heteroatoms. The Balaban J connectivity index is 1.82. The normalized spacial score (nSPS) is 11.7. The second kappa shape index (κ2) is 9.73. The van der Waals surface area contributed by atoms with E-state index in [9.17, 15) is 9.59 Å². The lowest BCUT2D eigenvalue weighted by atomic mass is 10.0. The van der Waals surface area contributed by atoms with E-state index in [1.54, 1.807) is 7.11 Å². The SMILES string of the molecule is COc1ccc(-c2ccc(CNC(=O)CNC(=O)[C@@H](N)C(C)C)cc2)cc1. The van der Waals surface area contributed by atoms with Gasteiger partial charge in [-0.1, -0.05) is 50.2 Å². The van der Waals surface area contributed by atoms with Crippen LogP contribution in [-0.2, 0) is 16.1 Å². The van der Waals surface area contributed by atoms with Crippen molar-refractivity contribution in [2.45, 2.75) is 26.4 Å². The highest BCUT2D eigenvalue weighted by Gasteiger charge is 2.17. The number of rotatable bonds is 8. The van der Waals surface area contributed by atoms with Crippen LogP contribution >= 0.6 is 0 Å². The smallest absolute Gasteiger partial charge is 0.239 e. The van der Waals surface area contributed by atoms with E-state index in [2.05, 4.69) is 10.6 Å². The second-order valence-electron chi connectivity index (χ2n) is 6.69. The summed E-state index contributed by atoms with van der Waals surface area (Å²) in [5.41, 5.74) is 8.90. The Hall–Kier alpha value is -2.86. The zero-order valence-corrected chi connectivity index (χ0v) is 16.0. The third-order valence-electron chi connectivity index (χ3n) is 4.31. The fourth-order valence-electron chi connectivity index (χ4n) is 2.45. The van der Waals surface area contributed by atoms with Crippen molar-refractivity contribution >= 4 is 11.8 Å². The lowest BCUT2D eigenvalue weighted by Gasteiger charge is -2.15. The average molecular weight is 369 g/mol. The van der Waals surface area contributed by atoms with Gasteiger partial charge in [0.25, 0.3) is 0 Å². The Morgan fingerprint density at radius 1 is 0.963 bits per heavy atom. The van der Waals surface area contributed by atoms with Crippen LogP contribution in [0.5, 0.6) is 5.75 Å². The van der Waals surface area contributed by atoms with Crippen LogP contribution < -0.4 is 21.1 Å². The summed E-state index contributed by atoms with van der Waals surface area (Å²) >= 11 is 0. The van der Waals surface area contributed by atoms with Crippen molar-refractivity contribution in [3.8, 4) is 16.9 Å². The van der Waals surface area contributed by atoms with E-state index in [4.69, 9.17) is 10.5 Å². The van der Waals surface area contributed by atoms with Crippen molar-refractivity contribution in [3.05, 3.63) is 54.1 Å². The second-order valence-corrected chi connectivity index (χ2v) is 6.69. The minimum atomic E-state index is -0.608. The quantitative estimate of drug-likeness (QED) is 0.664. The molecule has 2 aromatic rings. The highest BCUT2D eigenvalue weighted by atomic mass is 16.5. The molecule has 0 aromatic heterocycles. The van der Waals surface area contributed by atoms with Gasteiger partial charge >= 0.3 is 0 Å². The summed E-state index contributed by atoms with van der Waals surface area (Å²) in [6.45, 7) is 4.04. The van der Waals surface area contributed by atoms with E-state index in [0.717, 1.165) is 22.4 Å². The number of nitrogens with one attached hydrogen (secondary N) is 2. The summed E-state index contributed by atoms with van der Waals surface area (Å²) in [6.07, 6.45) is 0. The number of hydrogen-bond acceptors (Lipinski definition) is 4. The van der Waals surface area contributed by atoms with E-state index >= 15 is 0 Å². The van der Waals surface area contributed by atoms with Crippen LogP contribution in [0.1, 0.15) is 19.4 Å². The van der Waals surface area contributed by atoms with Crippen LogP contribution in [0.25, 0.3) is 11.1 Å². The molecule has 2 amide bonds. The number of carbonyl (C=O) groups is 2. The molecule has 27 heavy (non-hydrogen) atoms. The Morgan fingerprint density at radius 2 is 1.52 bits per heavy atom. The number of hydrogen-bond donors (Lipinski definition) is 3. The molecular formula is C21H27N3O3. The molecule has 2 rings (SSSR count). The van der Waals surface area contributed by atoms with Gasteiger partial charge in [-0.25, -0.2) is 0 Å². The molecule has 0 aliphatic heterocycles. The van der Waals surface area contributed by atoms with E-state index in [0.29, 0.717) is 6.54 Å². The highest BCUT2D eigenvalue weighted by Crippen LogP contribution is 2.22. The van der Waals surface area contributed by atoms with Crippen LogP contribution in [0.4, 0.5) is 0 Å². The van der Waals surface area contributed by atoms with E-state index in [1.807, 2.05) is 62.4 Å². The Bertz CT molecular complexity index is 755. The molecule has 4 N–H and O–H groups in total. The summed E-state index contributed by atoms with van der Waals surface area (Å²) in [5, 5.41) is 5.34. The molecule has 0 bridgehead atoms. The lowest BCUT2D eigenvalue weighted by molar-refractivity contribution is -0.127. The van der Waals surface area contributed by atoms with Crippen LogP contribution in [0.15, 0.2) is 48.5 Å². The first kappa shape index (κ1) is 20.5. The van der Waals surface area contributed by atoms with Crippen LogP contribution in [0.2, 0.25) is 0 Å². The fourth-order valence-corrected chi connectivity index (χ4v) is 2.45. The molecular weight excluding hydrogens is 342 g/mol. The molecule has 0 aliphatic carbocycles. The standard InChI is InChI=1S/C21H27N3O3/c1-14(2)20(22)21(26)24-13-19(25)23-12-15-4-6-16(7-5-15)17-8-10-18(27-3)11-9-17/h4-11,14,20H,12-13,22H2,1-3H3,(H,23,25)(H,24,26)/t20-/m0/s1. The largest absolute Gasteiger partial charge is 0.497 e. The Kier molecular flexibility index (Phi) is 7.37. The third kappa shape index (κ3) is 6.11. The minimum Gasteiger partial charge on any atom is -0.497 e. The van der Waals surface area contributed by atoms with Gasteiger partial charge in [0, 0.05) is 6.54 Å². The van der Waals surface area contributed by atoms with E-state index in [1.165, 1.54) is 0 Å². The molecule has 0 spiro atoms. The van der Waals surface area contributed by atoms with E-state index in [-0.39, 0.29) is 24.3 Å². The van der Waals surface area contributed by atoms with Gasteiger partial charge in [-0.15, -0.1) is 0 Å². The number of nitrogens with two attached hydrogens (primary N) is 1. The zero-order valence-electron chi connectivity index (χ0n) is 16.0. The monoisotopic (exact) mass is 369 g/mol. The predicted molar refractivity (Wildman–Crippen MR) is 106 cm³/mol. The Morgan fingerprint density at radius 3 is 2.04 bits per heavy atom. The van der Waals surface area contributed by atoms with Crippen LogP contribution in [-0.4, -0.2) is 31.5 Å². The van der Waals surface area contributed by atoms with Crippen LogP contribution in [0, 0.1) is 5.92 Å². The maximum atomic E-state index is 11.9. The average Bonchev–Trinajstić information content (AvgIpc) is 2.70. The summed E-state index contributed by atoms with van der Waals surface area (Å²) < 4.78 is 5.16. The maximum Gasteiger partial charge on any atom is 0.239 e. The van der Waals surface area contributed by atoms with Crippen LogP contribution in [0.3, 0.4) is 0 Å². The lowest BCUT2D eigenvalue weighted by Crippen LogP contribution is -2.47. The number of amides is 2. The molecule has 0 fully saturated rings. The molecule has 2 aromatic carbocycles. The Labute approximate surface area is 160 Å².